The van der Waals surface area contributed by atoms with Crippen LogP contribution in [-0.2, 0) is 9.59 Å². The molecule has 0 bridgehead atoms. The van der Waals surface area contributed by atoms with Crippen LogP contribution in [0.2, 0.25) is 0 Å². The SMILES string of the molecule is CN(C)C(=O)C1(C(=O)N2CCCC(c3n[nH]c(=O)o3)C2)CC1. The lowest BCUT2D eigenvalue weighted by atomic mass is 9.95. The highest BCUT2D eigenvalue weighted by atomic mass is 16.4. The van der Waals surface area contributed by atoms with Crippen molar-refractivity contribution in [3.63, 3.8) is 0 Å². The Labute approximate surface area is 127 Å². The van der Waals surface area contributed by atoms with Gasteiger partial charge in [0.05, 0.1) is 5.92 Å². The zero-order valence-electron chi connectivity index (χ0n) is 12.8. The number of likely N-dealkylation sites (tertiary alicyclic amines) is 1. The lowest BCUT2D eigenvalue weighted by molar-refractivity contribution is -0.149. The van der Waals surface area contributed by atoms with E-state index in [1.807, 2.05) is 0 Å². The fourth-order valence-corrected chi connectivity index (χ4v) is 3.15. The van der Waals surface area contributed by atoms with Crippen LogP contribution in [0.1, 0.15) is 37.5 Å². The summed E-state index contributed by atoms with van der Waals surface area (Å²) in [5, 5.41) is 6.11. The third-order valence-electron chi connectivity index (χ3n) is 4.49. The number of amides is 2. The Hall–Kier alpha value is -2.12. The van der Waals surface area contributed by atoms with Crippen LogP contribution in [0.3, 0.4) is 0 Å². The molecule has 1 atom stereocenters. The highest BCUT2D eigenvalue weighted by Gasteiger charge is 2.58. The molecule has 2 aliphatic rings. The topological polar surface area (TPSA) is 99.5 Å². The van der Waals surface area contributed by atoms with Gasteiger partial charge in [0, 0.05) is 27.2 Å². The summed E-state index contributed by atoms with van der Waals surface area (Å²) in [5.41, 5.74) is -0.863. The van der Waals surface area contributed by atoms with Gasteiger partial charge < -0.3 is 14.2 Å². The van der Waals surface area contributed by atoms with Crippen LogP contribution in [0.5, 0.6) is 0 Å². The van der Waals surface area contributed by atoms with Crippen molar-refractivity contribution in [2.75, 3.05) is 27.2 Å². The number of hydrogen-bond donors (Lipinski definition) is 1. The maximum Gasteiger partial charge on any atom is 0.434 e. The number of carbonyl (C=O) groups is 2. The van der Waals surface area contributed by atoms with Crippen molar-refractivity contribution in [2.45, 2.75) is 31.6 Å². The first-order chi connectivity index (χ1) is 10.4. The zero-order chi connectivity index (χ0) is 15.9. The van der Waals surface area contributed by atoms with Gasteiger partial charge >= 0.3 is 5.76 Å². The summed E-state index contributed by atoms with van der Waals surface area (Å²) in [7, 11) is 3.35. The minimum atomic E-state index is -0.863. The molecular weight excluding hydrogens is 288 g/mol. The number of nitrogens with zero attached hydrogens (tertiary/aromatic N) is 3. The largest absolute Gasteiger partial charge is 0.434 e. The third-order valence-corrected chi connectivity index (χ3v) is 4.49. The van der Waals surface area contributed by atoms with Gasteiger partial charge in [-0.1, -0.05) is 0 Å². The van der Waals surface area contributed by atoms with E-state index in [9.17, 15) is 14.4 Å². The van der Waals surface area contributed by atoms with E-state index < -0.39 is 11.2 Å². The highest BCUT2D eigenvalue weighted by Crippen LogP contribution is 2.49. The molecule has 3 rings (SSSR count). The highest BCUT2D eigenvalue weighted by molar-refractivity contribution is 6.07. The molecule has 1 aliphatic carbocycles. The van der Waals surface area contributed by atoms with Crippen LogP contribution in [0.25, 0.3) is 0 Å². The van der Waals surface area contributed by atoms with E-state index in [0.29, 0.717) is 31.8 Å². The van der Waals surface area contributed by atoms with Gasteiger partial charge in [-0.3, -0.25) is 9.59 Å². The van der Waals surface area contributed by atoms with Gasteiger partial charge in [-0.15, -0.1) is 5.10 Å². The summed E-state index contributed by atoms with van der Waals surface area (Å²) < 4.78 is 5.00. The van der Waals surface area contributed by atoms with Crippen molar-refractivity contribution in [1.29, 1.82) is 0 Å². The summed E-state index contributed by atoms with van der Waals surface area (Å²) in [6.07, 6.45) is 2.84. The molecule has 22 heavy (non-hydrogen) atoms. The van der Waals surface area contributed by atoms with Crippen LogP contribution in [-0.4, -0.2) is 59.0 Å². The molecule has 0 spiro atoms. The second kappa shape index (κ2) is 5.26. The molecule has 1 aromatic rings. The summed E-state index contributed by atoms with van der Waals surface area (Å²) >= 11 is 0. The molecule has 1 aromatic heterocycles. The van der Waals surface area contributed by atoms with Crippen LogP contribution in [0, 0.1) is 5.41 Å². The first kappa shape index (κ1) is 14.8. The number of aromatic amines is 1. The van der Waals surface area contributed by atoms with E-state index in [4.69, 9.17) is 4.42 Å². The van der Waals surface area contributed by atoms with Gasteiger partial charge in [0.2, 0.25) is 17.7 Å². The van der Waals surface area contributed by atoms with Crippen LogP contribution in [0.15, 0.2) is 9.21 Å². The Morgan fingerprint density at radius 2 is 2.14 bits per heavy atom. The van der Waals surface area contributed by atoms with Crippen molar-refractivity contribution in [1.82, 2.24) is 20.0 Å². The number of piperidine rings is 1. The lowest BCUT2D eigenvalue weighted by Gasteiger charge is -2.34. The minimum absolute atomic E-state index is 0.0955. The second-order valence-electron chi connectivity index (χ2n) is 6.32. The average Bonchev–Trinajstić information content (AvgIpc) is 3.21. The fourth-order valence-electron chi connectivity index (χ4n) is 3.15. The summed E-state index contributed by atoms with van der Waals surface area (Å²) in [5.74, 6) is -0.562. The van der Waals surface area contributed by atoms with E-state index in [-0.39, 0.29) is 17.7 Å². The Kier molecular flexibility index (Phi) is 3.54. The fraction of sp³-hybridized carbons (Fsp3) is 0.714. The monoisotopic (exact) mass is 308 g/mol. The maximum atomic E-state index is 12.8. The smallest absolute Gasteiger partial charge is 0.392 e. The predicted molar refractivity (Wildman–Crippen MR) is 76.0 cm³/mol. The van der Waals surface area contributed by atoms with Crippen LogP contribution < -0.4 is 5.76 Å². The van der Waals surface area contributed by atoms with E-state index in [1.54, 1.807) is 19.0 Å². The van der Waals surface area contributed by atoms with Gasteiger partial charge in [0.15, 0.2) is 0 Å². The minimum Gasteiger partial charge on any atom is -0.392 e. The van der Waals surface area contributed by atoms with E-state index in [0.717, 1.165) is 12.8 Å². The molecule has 8 nitrogen and oxygen atoms in total. The number of H-pyrrole nitrogens is 1. The third kappa shape index (κ3) is 2.42. The van der Waals surface area contributed by atoms with Crippen LogP contribution >= 0.6 is 0 Å². The molecule has 1 unspecified atom stereocenters. The number of nitrogens with one attached hydrogen (secondary N) is 1. The number of aromatic nitrogens is 2. The van der Waals surface area contributed by atoms with Crippen LogP contribution in [0.4, 0.5) is 0 Å². The lowest BCUT2D eigenvalue weighted by Crippen LogP contribution is -2.48. The first-order valence-corrected chi connectivity index (χ1v) is 7.50. The van der Waals surface area contributed by atoms with Crippen molar-refractivity contribution in [2.24, 2.45) is 5.41 Å². The summed E-state index contributed by atoms with van der Waals surface area (Å²) in [6.45, 7) is 1.07. The molecule has 1 aliphatic heterocycles. The molecule has 120 valence electrons. The van der Waals surface area contributed by atoms with Crippen molar-refractivity contribution in [3.8, 4) is 0 Å². The molecule has 1 saturated heterocycles. The molecule has 2 fully saturated rings. The Morgan fingerprint density at radius 3 is 2.68 bits per heavy atom. The number of hydrogen-bond acceptors (Lipinski definition) is 5. The van der Waals surface area contributed by atoms with Crippen molar-refractivity contribution >= 4 is 11.8 Å². The molecule has 1 saturated carbocycles. The second-order valence-corrected chi connectivity index (χ2v) is 6.32. The van der Waals surface area contributed by atoms with Gasteiger partial charge in [0.25, 0.3) is 0 Å². The van der Waals surface area contributed by atoms with Gasteiger partial charge in [-0.2, -0.15) is 0 Å². The average molecular weight is 308 g/mol. The molecule has 0 aromatic carbocycles. The van der Waals surface area contributed by atoms with E-state index >= 15 is 0 Å². The Bertz CT molecular complexity index is 643. The predicted octanol–water partition coefficient (Wildman–Crippen LogP) is -0.0627. The first-order valence-electron chi connectivity index (χ1n) is 7.50. The standard InChI is InChI=1S/C14H20N4O4/c1-17(2)11(19)14(5-6-14)12(20)18-7-3-4-9(8-18)10-15-16-13(21)22-10/h9H,3-8H2,1-2H3,(H,16,21). The molecule has 2 heterocycles. The van der Waals surface area contributed by atoms with E-state index in [1.165, 1.54) is 4.90 Å². The van der Waals surface area contributed by atoms with Crippen molar-refractivity contribution in [3.05, 3.63) is 16.4 Å². The molecular formula is C14H20N4O4. The molecule has 8 heteroatoms. The van der Waals surface area contributed by atoms with E-state index in [2.05, 4.69) is 10.2 Å². The zero-order valence-corrected chi connectivity index (χ0v) is 12.8. The molecule has 0 radical (unpaired) electrons. The summed E-state index contributed by atoms with van der Waals surface area (Å²) in [6, 6.07) is 0. The van der Waals surface area contributed by atoms with Crippen molar-refractivity contribution < 1.29 is 14.0 Å². The summed E-state index contributed by atoms with van der Waals surface area (Å²) in [4.78, 5) is 39.3. The molecule has 1 N–H and O–H groups in total. The van der Waals surface area contributed by atoms with Gasteiger partial charge in [-0.05, 0) is 25.7 Å². The quantitative estimate of drug-likeness (QED) is 0.788. The normalized spacial score (nSPS) is 23.2. The maximum absolute atomic E-state index is 12.8. The Morgan fingerprint density at radius 1 is 1.41 bits per heavy atom. The Balaban J connectivity index is 1.73. The number of rotatable bonds is 3. The number of carbonyl (C=O) groups excluding carboxylic acids is 2. The molecule has 2 amide bonds. The van der Waals surface area contributed by atoms with Gasteiger partial charge in [0.1, 0.15) is 5.41 Å². The van der Waals surface area contributed by atoms with Gasteiger partial charge in [-0.25, -0.2) is 9.89 Å².